The van der Waals surface area contributed by atoms with Crippen molar-refractivity contribution < 1.29 is 4.79 Å². The van der Waals surface area contributed by atoms with E-state index in [4.69, 9.17) is 0 Å². The van der Waals surface area contributed by atoms with Gasteiger partial charge in [-0.1, -0.05) is 18.2 Å². The molecule has 0 amide bonds. The van der Waals surface area contributed by atoms with Gasteiger partial charge in [0.15, 0.2) is 6.29 Å². The van der Waals surface area contributed by atoms with Crippen molar-refractivity contribution in [1.29, 1.82) is 0 Å². The molecule has 1 radical (unpaired) electrons. The van der Waals surface area contributed by atoms with Crippen molar-refractivity contribution in [1.82, 2.24) is 0 Å². The van der Waals surface area contributed by atoms with Crippen molar-refractivity contribution >= 4 is 14.4 Å². The summed E-state index contributed by atoms with van der Waals surface area (Å²) in [5.74, 6) is 0. The third kappa shape index (κ3) is 4.04. The van der Waals surface area contributed by atoms with Crippen molar-refractivity contribution in [3.8, 4) is 0 Å². The van der Waals surface area contributed by atoms with Gasteiger partial charge in [0, 0.05) is 6.04 Å². The molecule has 0 saturated heterocycles. The summed E-state index contributed by atoms with van der Waals surface area (Å²) in [6, 6.07) is 3.40. The lowest BCUT2D eigenvalue weighted by atomic mass is 10.7. The van der Waals surface area contributed by atoms with Crippen LogP contribution in [0, 0.1) is 0 Å². The zero-order chi connectivity index (χ0) is 10.2. The van der Waals surface area contributed by atoms with Gasteiger partial charge in [0.2, 0.25) is 0 Å². The van der Waals surface area contributed by atoms with Gasteiger partial charge >= 0.3 is 0 Å². The number of rotatable bonds is 8. The molecular formula is C11H17OSi. The first kappa shape index (κ1) is 12.1. The van der Waals surface area contributed by atoms with Crippen LogP contribution in [0.1, 0.15) is 0 Å². The number of hydrogen-bond donors (Lipinski definition) is 0. The summed E-state index contributed by atoms with van der Waals surface area (Å²) in [4.78, 5) is 10.5. The highest BCUT2D eigenvalue weighted by atomic mass is 28.3. The number of allylic oxidation sites excluding steroid dienone is 3. The smallest absolute Gasteiger partial charge is 0.195 e. The SMILES string of the molecule is C=CC[Si](C[C]=O)(CC=C)CC=C. The van der Waals surface area contributed by atoms with Crippen molar-refractivity contribution in [2.45, 2.75) is 24.2 Å². The third-order valence-corrected chi connectivity index (χ3v) is 6.54. The lowest BCUT2D eigenvalue weighted by Crippen LogP contribution is -2.32. The van der Waals surface area contributed by atoms with Crippen LogP contribution in [0.3, 0.4) is 0 Å². The van der Waals surface area contributed by atoms with Gasteiger partial charge in [0.25, 0.3) is 0 Å². The minimum absolute atomic E-state index is 0.567. The minimum Gasteiger partial charge on any atom is -0.291 e. The molecule has 0 bridgehead atoms. The van der Waals surface area contributed by atoms with Gasteiger partial charge < -0.3 is 0 Å². The summed E-state index contributed by atoms with van der Waals surface area (Å²) in [7, 11) is -1.57. The van der Waals surface area contributed by atoms with Gasteiger partial charge in [-0.2, -0.15) is 0 Å². The maximum absolute atomic E-state index is 10.5. The highest BCUT2D eigenvalue weighted by Gasteiger charge is 2.28. The highest BCUT2D eigenvalue weighted by Crippen LogP contribution is 2.26. The van der Waals surface area contributed by atoms with E-state index < -0.39 is 8.07 Å². The maximum atomic E-state index is 10.5. The van der Waals surface area contributed by atoms with Crippen LogP contribution >= 0.6 is 0 Å². The Morgan fingerprint density at radius 2 is 1.38 bits per heavy atom. The van der Waals surface area contributed by atoms with Crippen LogP contribution in [0.25, 0.3) is 0 Å². The van der Waals surface area contributed by atoms with Gasteiger partial charge in [-0.3, -0.25) is 4.79 Å². The minimum atomic E-state index is -1.57. The molecule has 0 aliphatic heterocycles. The predicted molar refractivity (Wildman–Crippen MR) is 61.3 cm³/mol. The predicted octanol–water partition coefficient (Wildman–Crippen LogP) is 3.10. The third-order valence-electron chi connectivity index (χ3n) is 2.18. The lowest BCUT2D eigenvalue weighted by Gasteiger charge is -2.25. The summed E-state index contributed by atoms with van der Waals surface area (Å²) >= 11 is 0. The first-order valence-electron chi connectivity index (χ1n) is 4.42. The van der Waals surface area contributed by atoms with E-state index in [0.29, 0.717) is 6.04 Å². The van der Waals surface area contributed by atoms with Crippen LogP contribution in [0.5, 0.6) is 0 Å². The molecule has 0 aliphatic carbocycles. The average Bonchev–Trinajstić information content (AvgIpc) is 2.06. The van der Waals surface area contributed by atoms with Crippen LogP contribution in [-0.2, 0) is 4.79 Å². The van der Waals surface area contributed by atoms with Crippen LogP contribution in [0.4, 0.5) is 0 Å². The lowest BCUT2D eigenvalue weighted by molar-refractivity contribution is 0.559. The second-order valence-corrected chi connectivity index (χ2v) is 7.88. The van der Waals surface area contributed by atoms with E-state index in [0.717, 1.165) is 18.1 Å². The Labute approximate surface area is 81.9 Å². The Balaban J connectivity index is 4.53. The molecule has 2 heteroatoms. The Morgan fingerprint density at radius 1 is 1.00 bits per heavy atom. The van der Waals surface area contributed by atoms with Crippen molar-refractivity contribution in [2.75, 3.05) is 0 Å². The van der Waals surface area contributed by atoms with E-state index in [1.54, 1.807) is 0 Å². The summed E-state index contributed by atoms with van der Waals surface area (Å²) in [6.45, 7) is 11.2. The molecule has 0 fully saturated rings. The fraction of sp³-hybridized carbons (Fsp3) is 0.364. The average molecular weight is 193 g/mol. The summed E-state index contributed by atoms with van der Waals surface area (Å²) in [5, 5.41) is 0. The van der Waals surface area contributed by atoms with Gasteiger partial charge in [0.05, 0.1) is 8.07 Å². The molecular weight excluding hydrogens is 176 g/mol. The molecule has 0 unspecified atom stereocenters. The van der Waals surface area contributed by atoms with Crippen LogP contribution < -0.4 is 0 Å². The molecule has 13 heavy (non-hydrogen) atoms. The first-order chi connectivity index (χ1) is 6.24. The summed E-state index contributed by atoms with van der Waals surface area (Å²) in [6.07, 6.45) is 7.73. The molecule has 0 aromatic heterocycles. The van der Waals surface area contributed by atoms with Gasteiger partial charge in [-0.05, 0) is 18.1 Å². The molecule has 0 N–H and O–H groups in total. The van der Waals surface area contributed by atoms with Crippen LogP contribution in [0.2, 0.25) is 24.2 Å². The first-order valence-corrected chi connectivity index (χ1v) is 7.25. The van der Waals surface area contributed by atoms with Gasteiger partial charge in [-0.15, -0.1) is 19.7 Å². The van der Waals surface area contributed by atoms with E-state index in [1.807, 2.05) is 24.5 Å². The summed E-state index contributed by atoms with van der Waals surface area (Å²) in [5.41, 5.74) is 0. The molecule has 0 heterocycles. The molecule has 0 atom stereocenters. The standard InChI is InChI=1S/C11H17OSi/c1-4-8-13(9-5-2,10-6-3)11-7-12/h4-6H,1-3,8-11H2. The molecule has 0 saturated carbocycles. The van der Waals surface area contributed by atoms with Crippen LogP contribution in [-0.4, -0.2) is 14.4 Å². The Hall–Kier alpha value is -0.893. The van der Waals surface area contributed by atoms with Crippen LogP contribution in [0.15, 0.2) is 38.0 Å². The number of hydrogen-bond acceptors (Lipinski definition) is 1. The molecule has 71 valence electrons. The second-order valence-electron chi connectivity index (χ2n) is 3.30. The highest BCUT2D eigenvalue weighted by molar-refractivity contribution is 6.82. The zero-order valence-corrected chi connectivity index (χ0v) is 9.09. The monoisotopic (exact) mass is 193 g/mol. The van der Waals surface area contributed by atoms with E-state index in [9.17, 15) is 4.79 Å². The zero-order valence-electron chi connectivity index (χ0n) is 8.09. The maximum Gasteiger partial charge on any atom is 0.195 e. The fourth-order valence-corrected chi connectivity index (χ4v) is 4.61. The molecule has 0 aromatic carbocycles. The Kier molecular flexibility index (Phi) is 6.15. The largest absolute Gasteiger partial charge is 0.291 e. The molecule has 0 rings (SSSR count). The van der Waals surface area contributed by atoms with E-state index in [-0.39, 0.29) is 0 Å². The quantitative estimate of drug-likeness (QED) is 0.427. The van der Waals surface area contributed by atoms with E-state index >= 15 is 0 Å². The molecule has 0 aliphatic rings. The molecule has 0 aromatic rings. The van der Waals surface area contributed by atoms with E-state index in [2.05, 4.69) is 19.7 Å². The fourth-order valence-electron chi connectivity index (χ4n) is 1.54. The van der Waals surface area contributed by atoms with Crippen molar-refractivity contribution in [3.05, 3.63) is 38.0 Å². The van der Waals surface area contributed by atoms with Crippen molar-refractivity contribution in [3.63, 3.8) is 0 Å². The number of carbonyl (C=O) groups excluding carboxylic acids is 1. The van der Waals surface area contributed by atoms with Gasteiger partial charge in [-0.25, -0.2) is 0 Å². The topological polar surface area (TPSA) is 17.1 Å². The summed E-state index contributed by atoms with van der Waals surface area (Å²) < 4.78 is 0. The molecule has 0 spiro atoms. The van der Waals surface area contributed by atoms with Gasteiger partial charge in [0.1, 0.15) is 0 Å². The Bertz CT molecular complexity index is 151. The normalized spacial score (nSPS) is 10.5. The molecule has 1 nitrogen and oxygen atoms in total. The second kappa shape index (κ2) is 6.60. The Morgan fingerprint density at radius 3 is 1.62 bits per heavy atom. The van der Waals surface area contributed by atoms with E-state index in [1.165, 1.54) is 0 Å². The van der Waals surface area contributed by atoms with Crippen molar-refractivity contribution in [2.24, 2.45) is 0 Å².